The molecule has 0 aliphatic carbocycles. The third kappa shape index (κ3) is 4.74. The zero-order valence-corrected chi connectivity index (χ0v) is 15.3. The molecule has 0 radical (unpaired) electrons. The van der Waals surface area contributed by atoms with Crippen LogP contribution in [0.5, 0.6) is 5.75 Å². The van der Waals surface area contributed by atoms with Crippen molar-refractivity contribution < 1.29 is 27.6 Å². The summed E-state index contributed by atoms with van der Waals surface area (Å²) in [5, 5.41) is 17.1. The quantitative estimate of drug-likeness (QED) is 0.478. The molecule has 1 N–H and O–H groups in total. The number of nitro benzene ring substituents is 1. The molecule has 3 aromatic rings. The summed E-state index contributed by atoms with van der Waals surface area (Å²) < 4.78 is 46.1. The highest BCUT2D eigenvalue weighted by atomic mass is 19.4. The molecule has 0 bridgehead atoms. The van der Waals surface area contributed by atoms with E-state index in [4.69, 9.17) is 4.74 Å². The fourth-order valence-corrected chi connectivity index (χ4v) is 2.74. The second-order valence-corrected chi connectivity index (χ2v) is 6.06. The fraction of sp³-hybridized carbons (Fsp3) is 0.158. The van der Waals surface area contributed by atoms with Crippen molar-refractivity contribution in [3.8, 4) is 11.4 Å². The maximum absolute atomic E-state index is 13.6. The van der Waals surface area contributed by atoms with Gasteiger partial charge in [-0.25, -0.2) is 9.48 Å². The van der Waals surface area contributed by atoms with E-state index in [1.165, 1.54) is 12.1 Å². The van der Waals surface area contributed by atoms with Gasteiger partial charge in [-0.2, -0.15) is 18.3 Å². The standard InChI is InChI=1S/C19H15F3N4O4/c20-19(21,22)17-16(30-18(27)23-11-10-13-6-2-1-3-7-13)12-24-25(17)14-8-4-5-9-15(14)26(28)29/h1-9,12H,10-11H2,(H,23,27). The number of alkyl halides is 3. The van der Waals surface area contributed by atoms with E-state index in [9.17, 15) is 28.1 Å². The van der Waals surface area contributed by atoms with Gasteiger partial charge in [0, 0.05) is 12.6 Å². The van der Waals surface area contributed by atoms with E-state index in [0.29, 0.717) is 17.3 Å². The minimum Gasteiger partial charge on any atom is -0.406 e. The summed E-state index contributed by atoms with van der Waals surface area (Å²) in [5.74, 6) is -0.863. The first kappa shape index (κ1) is 20.8. The SMILES string of the molecule is O=C(NCCc1ccccc1)Oc1cnn(-c2ccccc2[N+](=O)[O-])c1C(F)(F)F. The molecule has 1 aromatic heterocycles. The summed E-state index contributed by atoms with van der Waals surface area (Å²) in [6.45, 7) is 0.141. The molecule has 30 heavy (non-hydrogen) atoms. The van der Waals surface area contributed by atoms with Crippen molar-refractivity contribution >= 4 is 11.8 Å². The molecule has 2 aromatic carbocycles. The average molecular weight is 420 g/mol. The van der Waals surface area contributed by atoms with Gasteiger partial charge in [-0.1, -0.05) is 42.5 Å². The molecular formula is C19H15F3N4O4. The molecule has 0 aliphatic heterocycles. The van der Waals surface area contributed by atoms with E-state index in [1.54, 1.807) is 0 Å². The highest BCUT2D eigenvalue weighted by molar-refractivity contribution is 5.70. The number of para-hydroxylation sites is 2. The number of hydrogen-bond donors (Lipinski definition) is 1. The Morgan fingerprint density at radius 1 is 1.13 bits per heavy atom. The van der Waals surface area contributed by atoms with Crippen LogP contribution in [0.4, 0.5) is 23.7 Å². The highest BCUT2D eigenvalue weighted by Gasteiger charge is 2.41. The third-order valence-corrected chi connectivity index (χ3v) is 4.04. The van der Waals surface area contributed by atoms with Crippen LogP contribution in [0.3, 0.4) is 0 Å². The van der Waals surface area contributed by atoms with E-state index in [2.05, 4.69) is 10.4 Å². The smallest absolute Gasteiger partial charge is 0.406 e. The van der Waals surface area contributed by atoms with E-state index in [1.807, 2.05) is 30.3 Å². The van der Waals surface area contributed by atoms with Gasteiger partial charge in [0.25, 0.3) is 5.69 Å². The number of nitro groups is 1. The molecular weight excluding hydrogens is 405 g/mol. The Hall–Kier alpha value is -3.89. The fourth-order valence-electron chi connectivity index (χ4n) is 2.74. The van der Waals surface area contributed by atoms with Gasteiger partial charge in [-0.05, 0) is 18.1 Å². The maximum atomic E-state index is 13.6. The summed E-state index contributed by atoms with van der Waals surface area (Å²) in [6.07, 6.45) is -4.94. The van der Waals surface area contributed by atoms with E-state index in [0.717, 1.165) is 17.7 Å². The van der Waals surface area contributed by atoms with Gasteiger partial charge in [0.15, 0.2) is 11.4 Å². The van der Waals surface area contributed by atoms with Crippen molar-refractivity contribution in [3.05, 3.63) is 82.2 Å². The van der Waals surface area contributed by atoms with Crippen molar-refractivity contribution in [1.82, 2.24) is 15.1 Å². The minimum absolute atomic E-state index is 0.141. The molecule has 0 spiro atoms. The lowest BCUT2D eigenvalue weighted by Crippen LogP contribution is -2.29. The lowest BCUT2D eigenvalue weighted by Gasteiger charge is -2.13. The Morgan fingerprint density at radius 3 is 2.47 bits per heavy atom. The van der Waals surface area contributed by atoms with Crippen LogP contribution in [0.15, 0.2) is 60.8 Å². The van der Waals surface area contributed by atoms with Gasteiger partial charge in [0.2, 0.25) is 0 Å². The number of halogens is 3. The number of aromatic nitrogens is 2. The molecule has 3 rings (SSSR count). The number of amides is 1. The molecule has 0 fully saturated rings. The first-order chi connectivity index (χ1) is 14.3. The van der Waals surface area contributed by atoms with Gasteiger partial charge in [0.1, 0.15) is 5.69 Å². The number of carbonyl (C=O) groups is 1. The molecule has 0 unspecified atom stereocenters. The lowest BCUT2D eigenvalue weighted by molar-refractivity contribution is -0.384. The third-order valence-electron chi connectivity index (χ3n) is 4.04. The van der Waals surface area contributed by atoms with Crippen LogP contribution in [-0.2, 0) is 12.6 Å². The number of ether oxygens (including phenoxy) is 1. The zero-order chi connectivity index (χ0) is 21.7. The molecule has 0 saturated heterocycles. The summed E-state index contributed by atoms with van der Waals surface area (Å²) in [5.41, 5.74) is -1.49. The predicted molar refractivity (Wildman–Crippen MR) is 99.4 cm³/mol. The van der Waals surface area contributed by atoms with Crippen molar-refractivity contribution in [2.24, 2.45) is 0 Å². The molecule has 0 atom stereocenters. The molecule has 1 heterocycles. The van der Waals surface area contributed by atoms with Gasteiger partial charge < -0.3 is 10.1 Å². The average Bonchev–Trinajstić information content (AvgIpc) is 3.12. The van der Waals surface area contributed by atoms with Gasteiger partial charge in [-0.3, -0.25) is 10.1 Å². The second-order valence-electron chi connectivity index (χ2n) is 6.06. The van der Waals surface area contributed by atoms with Crippen molar-refractivity contribution in [2.45, 2.75) is 12.6 Å². The molecule has 8 nitrogen and oxygen atoms in total. The highest BCUT2D eigenvalue weighted by Crippen LogP contribution is 2.39. The summed E-state index contributed by atoms with van der Waals surface area (Å²) >= 11 is 0. The Balaban J connectivity index is 1.81. The normalized spacial score (nSPS) is 11.2. The number of nitrogens with zero attached hydrogens (tertiary/aromatic N) is 3. The monoisotopic (exact) mass is 420 g/mol. The molecule has 11 heteroatoms. The Morgan fingerprint density at radius 2 is 1.80 bits per heavy atom. The van der Waals surface area contributed by atoms with Crippen molar-refractivity contribution in [1.29, 1.82) is 0 Å². The number of carbonyl (C=O) groups excluding carboxylic acids is 1. The molecule has 0 aliphatic rings. The van der Waals surface area contributed by atoms with Crippen molar-refractivity contribution in [2.75, 3.05) is 6.54 Å². The predicted octanol–water partition coefficient (Wildman–Crippen LogP) is 4.13. The van der Waals surface area contributed by atoms with E-state index in [-0.39, 0.29) is 6.54 Å². The lowest BCUT2D eigenvalue weighted by atomic mass is 10.1. The van der Waals surface area contributed by atoms with Gasteiger partial charge in [-0.15, -0.1) is 0 Å². The number of benzene rings is 2. The minimum atomic E-state index is -4.99. The number of nitrogens with one attached hydrogen (secondary N) is 1. The van der Waals surface area contributed by atoms with Crippen LogP contribution in [0, 0.1) is 10.1 Å². The molecule has 156 valence electrons. The topological polar surface area (TPSA) is 99.3 Å². The van der Waals surface area contributed by atoms with Crippen LogP contribution in [-0.4, -0.2) is 27.3 Å². The van der Waals surface area contributed by atoms with E-state index >= 15 is 0 Å². The number of hydrogen-bond acceptors (Lipinski definition) is 5. The summed E-state index contributed by atoms with van der Waals surface area (Å²) in [4.78, 5) is 22.3. The Bertz CT molecular complexity index is 1050. The Kier molecular flexibility index (Phi) is 6.00. The molecule has 1 amide bonds. The van der Waals surface area contributed by atoms with Crippen molar-refractivity contribution in [3.63, 3.8) is 0 Å². The van der Waals surface area contributed by atoms with Gasteiger partial charge in [0.05, 0.1) is 11.1 Å². The Labute approximate surface area is 168 Å². The van der Waals surface area contributed by atoms with E-state index < -0.39 is 40.0 Å². The molecule has 0 saturated carbocycles. The van der Waals surface area contributed by atoms with Crippen LogP contribution < -0.4 is 10.1 Å². The largest absolute Gasteiger partial charge is 0.437 e. The first-order valence-corrected chi connectivity index (χ1v) is 8.66. The summed E-state index contributed by atoms with van der Waals surface area (Å²) in [6, 6.07) is 14.0. The number of rotatable bonds is 6. The van der Waals surface area contributed by atoms with Crippen LogP contribution in [0.25, 0.3) is 5.69 Å². The van der Waals surface area contributed by atoms with Gasteiger partial charge >= 0.3 is 12.3 Å². The zero-order valence-electron chi connectivity index (χ0n) is 15.3. The summed E-state index contributed by atoms with van der Waals surface area (Å²) in [7, 11) is 0. The van der Waals surface area contributed by atoms with Crippen LogP contribution in [0.1, 0.15) is 11.3 Å². The van der Waals surface area contributed by atoms with Crippen LogP contribution in [0.2, 0.25) is 0 Å². The first-order valence-electron chi connectivity index (χ1n) is 8.66. The van der Waals surface area contributed by atoms with Crippen LogP contribution >= 0.6 is 0 Å². The maximum Gasteiger partial charge on any atom is 0.437 e. The second kappa shape index (κ2) is 8.64.